The first-order valence-corrected chi connectivity index (χ1v) is 11.2. The van der Waals surface area contributed by atoms with Gasteiger partial charge in [0.15, 0.2) is 27.4 Å². The van der Waals surface area contributed by atoms with Gasteiger partial charge in [-0.3, -0.25) is 4.79 Å². The van der Waals surface area contributed by atoms with Gasteiger partial charge in [-0.05, 0) is 31.4 Å². The number of rotatable bonds is 7. The Morgan fingerprint density at radius 1 is 1.14 bits per heavy atom. The highest BCUT2D eigenvalue weighted by Gasteiger charge is 2.29. The average Bonchev–Trinajstić information content (AvgIpc) is 2.96. The zero-order valence-corrected chi connectivity index (χ0v) is 16.7. The number of nitrogens with zero attached hydrogens (tertiary/aromatic N) is 5. The highest BCUT2D eigenvalue weighted by molar-refractivity contribution is 7.91. The zero-order chi connectivity index (χ0) is 20.9. The Labute approximate surface area is 169 Å². The van der Waals surface area contributed by atoms with Crippen LogP contribution in [0.5, 0.6) is 0 Å². The number of aromatic nitrogens is 3. The van der Waals surface area contributed by atoms with Gasteiger partial charge in [0.2, 0.25) is 0 Å². The van der Waals surface area contributed by atoms with Gasteiger partial charge in [-0.15, -0.1) is 10.2 Å². The van der Waals surface area contributed by atoms with Crippen molar-refractivity contribution in [2.75, 3.05) is 5.75 Å². The maximum Gasteiger partial charge on any atom is 0.187 e. The van der Waals surface area contributed by atoms with Crippen molar-refractivity contribution in [2.45, 2.75) is 55.9 Å². The van der Waals surface area contributed by atoms with Crippen molar-refractivity contribution in [2.24, 2.45) is 0 Å². The number of hydrogen-bond donors (Lipinski definition) is 0. The molecule has 3 rings (SSSR count). The molecule has 8 nitrogen and oxygen atoms in total. The average molecular weight is 411 g/mol. The van der Waals surface area contributed by atoms with Gasteiger partial charge in [-0.25, -0.2) is 8.42 Å². The van der Waals surface area contributed by atoms with Crippen molar-refractivity contribution in [3.63, 3.8) is 0 Å². The molecule has 2 heterocycles. The Kier molecular flexibility index (Phi) is 6.40. The fraction of sp³-hybridized carbons (Fsp3) is 0.450. The normalized spacial score (nSPS) is 14.8. The number of aryl methyl sites for hydroxylation is 1. The van der Waals surface area contributed by atoms with E-state index < -0.39 is 21.5 Å². The number of ketones is 1. The summed E-state index contributed by atoms with van der Waals surface area (Å²) < 4.78 is 26.4. The fourth-order valence-corrected chi connectivity index (χ4v) is 4.72. The molecular weight excluding hydrogens is 390 g/mol. The molecule has 1 aromatic heterocycles. The van der Waals surface area contributed by atoms with Crippen molar-refractivity contribution in [3.05, 3.63) is 41.5 Å². The Morgan fingerprint density at radius 3 is 2.59 bits per heavy atom. The van der Waals surface area contributed by atoms with Crippen LogP contribution in [0, 0.1) is 22.7 Å². The summed E-state index contributed by atoms with van der Waals surface area (Å²) in [6.45, 7) is 0.684. The number of nitriles is 2. The molecule has 0 saturated carbocycles. The molecule has 1 aliphatic heterocycles. The highest BCUT2D eigenvalue weighted by atomic mass is 32.2. The number of sulfone groups is 1. The number of carbonyl (C=O) groups is 1. The Morgan fingerprint density at radius 2 is 1.90 bits per heavy atom. The Balaban J connectivity index is 1.82. The largest absolute Gasteiger partial charge is 0.313 e. The maximum absolute atomic E-state index is 12.9. The Hall–Kier alpha value is -3.04. The molecular formula is C20H21N5O3S. The first kappa shape index (κ1) is 20.7. The minimum Gasteiger partial charge on any atom is -0.313 e. The minimum atomic E-state index is -3.51. The van der Waals surface area contributed by atoms with E-state index in [0.717, 1.165) is 31.5 Å². The van der Waals surface area contributed by atoms with E-state index in [0.29, 0.717) is 12.4 Å². The smallest absolute Gasteiger partial charge is 0.187 e. The molecule has 1 atom stereocenters. The second-order valence-corrected chi connectivity index (χ2v) is 9.08. The lowest BCUT2D eigenvalue weighted by Gasteiger charge is -2.11. The van der Waals surface area contributed by atoms with Crippen LogP contribution in [0.25, 0.3) is 0 Å². The van der Waals surface area contributed by atoms with E-state index in [2.05, 4.69) is 10.2 Å². The summed E-state index contributed by atoms with van der Waals surface area (Å²) in [5, 5.41) is 26.4. The second-order valence-electron chi connectivity index (χ2n) is 6.97. The summed E-state index contributed by atoms with van der Waals surface area (Å²) in [6, 6.07) is 9.53. The van der Waals surface area contributed by atoms with Gasteiger partial charge in [0.25, 0.3) is 0 Å². The standard InChI is InChI=1S/C20H21N5O3S/c21-11-3-5-13-29(27,28)16-9-7-15(8-10-16)19(26)17(14-22)20-24-23-18-6-2-1-4-12-25(18)20/h7-10,17H,1-6,12-13H2. The molecule has 0 aliphatic carbocycles. The lowest BCUT2D eigenvalue weighted by atomic mass is 9.98. The van der Waals surface area contributed by atoms with Crippen LogP contribution in [-0.2, 0) is 22.8 Å². The van der Waals surface area contributed by atoms with Crippen LogP contribution in [0.1, 0.15) is 60.0 Å². The van der Waals surface area contributed by atoms with Crippen molar-refractivity contribution in [1.29, 1.82) is 10.5 Å². The van der Waals surface area contributed by atoms with E-state index in [1.807, 2.05) is 16.7 Å². The van der Waals surface area contributed by atoms with Crippen LogP contribution in [0.4, 0.5) is 0 Å². The molecule has 0 radical (unpaired) electrons. The van der Waals surface area contributed by atoms with E-state index >= 15 is 0 Å². The quantitative estimate of drug-likeness (QED) is 0.505. The molecule has 1 aliphatic rings. The van der Waals surface area contributed by atoms with Gasteiger partial charge in [0.1, 0.15) is 5.82 Å². The molecule has 0 fully saturated rings. The first-order chi connectivity index (χ1) is 14.0. The number of carbonyl (C=O) groups excluding carboxylic acids is 1. The first-order valence-electron chi connectivity index (χ1n) is 9.53. The molecule has 0 amide bonds. The van der Waals surface area contributed by atoms with Crippen molar-refractivity contribution in [3.8, 4) is 12.1 Å². The molecule has 1 aromatic carbocycles. The number of hydrogen-bond acceptors (Lipinski definition) is 7. The van der Waals surface area contributed by atoms with Crippen LogP contribution >= 0.6 is 0 Å². The van der Waals surface area contributed by atoms with Gasteiger partial charge in [0, 0.05) is 24.9 Å². The summed E-state index contributed by atoms with van der Waals surface area (Å²) in [5.74, 6) is -0.500. The molecule has 150 valence electrons. The number of fused-ring (bicyclic) bond motifs is 1. The van der Waals surface area contributed by atoms with Crippen molar-refractivity contribution < 1.29 is 13.2 Å². The fourth-order valence-electron chi connectivity index (χ4n) is 3.41. The van der Waals surface area contributed by atoms with Gasteiger partial charge in [-0.2, -0.15) is 10.5 Å². The number of Topliss-reactive ketones (excluding diaryl/α,β-unsaturated/α-hetero) is 1. The molecule has 0 N–H and O–H groups in total. The van der Waals surface area contributed by atoms with Crippen LogP contribution < -0.4 is 0 Å². The number of benzene rings is 1. The van der Waals surface area contributed by atoms with E-state index in [9.17, 15) is 18.5 Å². The van der Waals surface area contributed by atoms with Gasteiger partial charge >= 0.3 is 0 Å². The topological polar surface area (TPSA) is 130 Å². The van der Waals surface area contributed by atoms with Crippen LogP contribution in [0.3, 0.4) is 0 Å². The third-order valence-electron chi connectivity index (χ3n) is 4.99. The molecule has 0 saturated heterocycles. The third-order valence-corrected chi connectivity index (χ3v) is 6.80. The summed E-state index contributed by atoms with van der Waals surface area (Å²) in [5.41, 5.74) is 0.249. The lowest BCUT2D eigenvalue weighted by molar-refractivity contribution is 0.0974. The van der Waals surface area contributed by atoms with Crippen molar-refractivity contribution >= 4 is 15.6 Å². The van der Waals surface area contributed by atoms with E-state index in [1.165, 1.54) is 24.3 Å². The van der Waals surface area contributed by atoms with Crippen LogP contribution in [-0.4, -0.2) is 34.7 Å². The summed E-state index contributed by atoms with van der Waals surface area (Å²) in [4.78, 5) is 13.0. The summed E-state index contributed by atoms with van der Waals surface area (Å²) >= 11 is 0. The predicted molar refractivity (Wildman–Crippen MR) is 104 cm³/mol. The van der Waals surface area contributed by atoms with E-state index in [-0.39, 0.29) is 29.1 Å². The van der Waals surface area contributed by atoms with Crippen LogP contribution in [0.2, 0.25) is 0 Å². The van der Waals surface area contributed by atoms with E-state index in [4.69, 9.17) is 5.26 Å². The van der Waals surface area contributed by atoms with Crippen molar-refractivity contribution in [1.82, 2.24) is 14.8 Å². The summed E-state index contributed by atoms with van der Waals surface area (Å²) in [7, 11) is -3.51. The highest BCUT2D eigenvalue weighted by Crippen LogP contribution is 2.24. The maximum atomic E-state index is 12.9. The zero-order valence-electron chi connectivity index (χ0n) is 15.9. The SMILES string of the molecule is N#CCCCS(=O)(=O)c1ccc(C(=O)C(C#N)c2nnc3n2CCCCC3)cc1. The lowest BCUT2D eigenvalue weighted by Crippen LogP contribution is -2.18. The van der Waals surface area contributed by atoms with Gasteiger partial charge in [0.05, 0.1) is 22.8 Å². The van der Waals surface area contributed by atoms with Gasteiger partial charge in [-0.1, -0.05) is 18.6 Å². The number of unbranched alkanes of at least 4 members (excludes halogenated alkanes) is 1. The second kappa shape index (κ2) is 8.97. The molecule has 9 heteroatoms. The third kappa shape index (κ3) is 4.52. The Bertz CT molecular complexity index is 1070. The minimum absolute atomic E-state index is 0.0943. The van der Waals surface area contributed by atoms with E-state index in [1.54, 1.807) is 0 Å². The molecule has 0 spiro atoms. The molecule has 0 bridgehead atoms. The van der Waals surface area contributed by atoms with Gasteiger partial charge < -0.3 is 4.57 Å². The molecule has 2 aromatic rings. The summed E-state index contributed by atoms with van der Waals surface area (Å²) in [6.07, 6.45) is 4.22. The van der Waals surface area contributed by atoms with Crippen LogP contribution in [0.15, 0.2) is 29.2 Å². The molecule has 1 unspecified atom stereocenters. The molecule has 29 heavy (non-hydrogen) atoms. The monoisotopic (exact) mass is 411 g/mol. The predicted octanol–water partition coefficient (Wildman–Crippen LogP) is 2.57.